The quantitative estimate of drug-likeness (QED) is 0.143. The lowest BCUT2D eigenvalue weighted by atomic mass is 9.33. The molecule has 6 heteroatoms. The summed E-state index contributed by atoms with van der Waals surface area (Å²) in [7, 11) is 0. The van der Waals surface area contributed by atoms with Gasteiger partial charge in [-0.3, -0.25) is 0 Å². The van der Waals surface area contributed by atoms with E-state index in [2.05, 4.69) is 179 Å². The molecule has 260 valence electrons. The molecule has 0 radical (unpaired) electrons. The zero-order valence-electron chi connectivity index (χ0n) is 30.2. The third-order valence-corrected chi connectivity index (χ3v) is 11.2. The molecule has 0 unspecified atom stereocenters. The minimum absolute atomic E-state index is 0.0131. The van der Waals surface area contributed by atoms with Crippen LogP contribution in [0, 0.1) is 6.92 Å². The van der Waals surface area contributed by atoms with Gasteiger partial charge in [-0.2, -0.15) is 0 Å². The van der Waals surface area contributed by atoms with Crippen LogP contribution in [0.3, 0.4) is 0 Å². The van der Waals surface area contributed by atoms with Crippen LogP contribution in [0.15, 0.2) is 186 Å². The Labute approximate surface area is 320 Å². The molecule has 1 aromatic heterocycles. The molecule has 2 aliphatic heterocycles. The van der Waals surface area contributed by atoms with Gasteiger partial charge in [-0.05, 0) is 114 Å². The first kappa shape index (κ1) is 31.4. The summed E-state index contributed by atoms with van der Waals surface area (Å²) in [6.45, 7) is 2.20. The molecule has 0 fully saturated rings. The maximum atomic E-state index is 6.65. The first-order chi connectivity index (χ1) is 27.1. The molecule has 11 rings (SSSR count). The number of nitrogens with zero attached hydrogens (tertiary/aromatic N) is 3. The standard InChI is InChI=1S/C49H35BN4O/c1-32-22-29-42-41(30-32)50-40-28-27-37(52(34-12-4-2-5-13-34)45-20-10-17-39-38-16-8-9-21-47(38)55-49(39)45)31-46(40)54(35-14-6-3-7-15-35)44-19-11-18-43(48(44)50)53(42)36-25-23-33(51)24-26-36/h2-31H,51H2,1H3. The minimum atomic E-state index is 0.0131. The summed E-state index contributed by atoms with van der Waals surface area (Å²) in [4.78, 5) is 7.18. The second-order valence-corrected chi connectivity index (χ2v) is 14.5. The van der Waals surface area contributed by atoms with Crippen molar-refractivity contribution < 1.29 is 4.42 Å². The smallest absolute Gasteiger partial charge is 0.252 e. The lowest BCUT2D eigenvalue weighted by molar-refractivity contribution is 0.669. The number of nitrogens with two attached hydrogens (primary N) is 1. The molecule has 0 atom stereocenters. The number of hydrogen-bond donors (Lipinski definition) is 1. The van der Waals surface area contributed by atoms with Crippen LogP contribution in [-0.4, -0.2) is 6.71 Å². The number of rotatable bonds is 5. The van der Waals surface area contributed by atoms with Gasteiger partial charge in [-0.15, -0.1) is 0 Å². The Balaban J connectivity index is 1.18. The highest BCUT2D eigenvalue weighted by Gasteiger charge is 2.43. The highest BCUT2D eigenvalue weighted by molar-refractivity contribution is 7.00. The van der Waals surface area contributed by atoms with Crippen LogP contribution in [0.1, 0.15) is 5.56 Å². The molecule has 0 spiro atoms. The predicted molar refractivity (Wildman–Crippen MR) is 232 cm³/mol. The Morgan fingerprint density at radius 1 is 0.509 bits per heavy atom. The SMILES string of the molecule is Cc1ccc2c(c1)B1c3ccc(N(c4ccccc4)c4cccc5c4oc4ccccc45)cc3N(c3ccccc3)c3cccc(c31)N2c1ccc(N)cc1. The number of hydrogen-bond acceptors (Lipinski definition) is 5. The zero-order valence-corrected chi connectivity index (χ0v) is 30.2. The molecular weight excluding hydrogens is 671 g/mol. The molecule has 0 bridgehead atoms. The van der Waals surface area contributed by atoms with Crippen molar-refractivity contribution in [1.82, 2.24) is 0 Å². The van der Waals surface area contributed by atoms with Crippen molar-refractivity contribution in [2.24, 2.45) is 0 Å². The summed E-state index contributed by atoms with van der Waals surface area (Å²) in [5, 5.41) is 2.21. The Morgan fingerprint density at radius 3 is 1.98 bits per heavy atom. The van der Waals surface area contributed by atoms with Gasteiger partial charge < -0.3 is 24.9 Å². The van der Waals surface area contributed by atoms with Crippen molar-refractivity contribution in [1.29, 1.82) is 0 Å². The molecule has 55 heavy (non-hydrogen) atoms. The van der Waals surface area contributed by atoms with E-state index in [1.165, 1.54) is 33.3 Å². The molecule has 5 nitrogen and oxygen atoms in total. The van der Waals surface area contributed by atoms with E-state index in [9.17, 15) is 0 Å². The average molecular weight is 707 g/mol. The van der Waals surface area contributed by atoms with E-state index in [0.717, 1.165) is 67.4 Å². The molecule has 0 saturated carbocycles. The van der Waals surface area contributed by atoms with Gasteiger partial charge in [0.15, 0.2) is 5.58 Å². The highest BCUT2D eigenvalue weighted by atomic mass is 16.3. The van der Waals surface area contributed by atoms with E-state index >= 15 is 0 Å². The van der Waals surface area contributed by atoms with E-state index in [-0.39, 0.29) is 6.71 Å². The van der Waals surface area contributed by atoms with Gasteiger partial charge in [-0.1, -0.05) is 96.6 Å². The normalized spacial score (nSPS) is 12.8. The van der Waals surface area contributed by atoms with Crippen molar-refractivity contribution in [3.8, 4) is 0 Å². The second kappa shape index (κ2) is 12.2. The number of fused-ring (bicyclic) bond motifs is 7. The van der Waals surface area contributed by atoms with Crippen LogP contribution < -0.4 is 36.8 Å². The molecule has 9 aromatic rings. The van der Waals surface area contributed by atoms with Crippen LogP contribution in [-0.2, 0) is 0 Å². The number of para-hydroxylation sites is 4. The molecule has 3 heterocycles. The summed E-state index contributed by atoms with van der Waals surface area (Å²) in [6.07, 6.45) is 0. The van der Waals surface area contributed by atoms with Gasteiger partial charge in [0.2, 0.25) is 0 Å². The fraction of sp³-hybridized carbons (Fsp3) is 0.0204. The van der Waals surface area contributed by atoms with E-state index in [1.807, 2.05) is 24.3 Å². The molecule has 0 saturated heterocycles. The van der Waals surface area contributed by atoms with Crippen molar-refractivity contribution in [3.05, 3.63) is 188 Å². The monoisotopic (exact) mass is 706 g/mol. The highest BCUT2D eigenvalue weighted by Crippen LogP contribution is 2.47. The van der Waals surface area contributed by atoms with Gasteiger partial charge in [-0.25, -0.2) is 0 Å². The number of benzene rings is 8. The van der Waals surface area contributed by atoms with Crippen LogP contribution >= 0.6 is 0 Å². The first-order valence-corrected chi connectivity index (χ1v) is 18.8. The minimum Gasteiger partial charge on any atom is -0.454 e. The Kier molecular flexibility index (Phi) is 6.95. The van der Waals surface area contributed by atoms with Crippen molar-refractivity contribution >= 4 is 102 Å². The number of anilines is 10. The largest absolute Gasteiger partial charge is 0.454 e. The van der Waals surface area contributed by atoms with Gasteiger partial charge in [0.25, 0.3) is 6.71 Å². The lowest BCUT2D eigenvalue weighted by Gasteiger charge is -2.44. The Hall–Kier alpha value is -7.18. The number of furan rings is 1. The Bertz CT molecular complexity index is 2920. The fourth-order valence-corrected chi connectivity index (χ4v) is 8.85. The molecule has 0 aliphatic carbocycles. The lowest BCUT2D eigenvalue weighted by Crippen LogP contribution is -2.61. The van der Waals surface area contributed by atoms with Gasteiger partial charge in [0, 0.05) is 62.0 Å². The van der Waals surface area contributed by atoms with Crippen molar-refractivity contribution in [3.63, 3.8) is 0 Å². The molecule has 0 amide bonds. The van der Waals surface area contributed by atoms with Gasteiger partial charge in [0.05, 0.1) is 5.69 Å². The van der Waals surface area contributed by atoms with Crippen molar-refractivity contribution in [2.75, 3.05) is 20.4 Å². The summed E-state index contributed by atoms with van der Waals surface area (Å²) in [5.74, 6) is 0. The Morgan fingerprint density at radius 2 is 1.18 bits per heavy atom. The summed E-state index contributed by atoms with van der Waals surface area (Å²) in [6, 6.07) is 64.9. The summed E-state index contributed by atoms with van der Waals surface area (Å²) in [5.41, 5.74) is 23.7. The van der Waals surface area contributed by atoms with E-state index in [0.29, 0.717) is 0 Å². The third kappa shape index (κ3) is 4.81. The van der Waals surface area contributed by atoms with Crippen LogP contribution in [0.4, 0.5) is 56.9 Å². The molecule has 2 aliphatic rings. The summed E-state index contributed by atoms with van der Waals surface area (Å²) < 4.78 is 6.65. The maximum absolute atomic E-state index is 6.65. The number of nitrogen functional groups attached to an aromatic ring is 1. The fourth-order valence-electron chi connectivity index (χ4n) is 8.85. The van der Waals surface area contributed by atoms with Crippen molar-refractivity contribution in [2.45, 2.75) is 6.92 Å². The zero-order chi connectivity index (χ0) is 36.6. The predicted octanol–water partition coefficient (Wildman–Crippen LogP) is 11.0. The van der Waals surface area contributed by atoms with Crippen LogP contribution in [0.2, 0.25) is 0 Å². The van der Waals surface area contributed by atoms with E-state index in [4.69, 9.17) is 10.2 Å². The molecule has 8 aromatic carbocycles. The summed E-state index contributed by atoms with van der Waals surface area (Å²) >= 11 is 0. The molecule has 2 N–H and O–H groups in total. The van der Waals surface area contributed by atoms with Crippen LogP contribution in [0.5, 0.6) is 0 Å². The van der Waals surface area contributed by atoms with Gasteiger partial charge in [0.1, 0.15) is 5.58 Å². The third-order valence-electron chi connectivity index (χ3n) is 11.2. The number of aryl methyl sites for hydroxylation is 1. The van der Waals surface area contributed by atoms with Crippen LogP contribution in [0.25, 0.3) is 21.9 Å². The average Bonchev–Trinajstić information content (AvgIpc) is 3.62. The second-order valence-electron chi connectivity index (χ2n) is 14.5. The topological polar surface area (TPSA) is 48.9 Å². The molecular formula is C49H35BN4O. The van der Waals surface area contributed by atoms with Gasteiger partial charge >= 0.3 is 0 Å². The maximum Gasteiger partial charge on any atom is 0.252 e. The van der Waals surface area contributed by atoms with E-state index in [1.54, 1.807) is 0 Å². The first-order valence-electron chi connectivity index (χ1n) is 18.8. The van der Waals surface area contributed by atoms with E-state index < -0.39 is 0 Å².